The van der Waals surface area contributed by atoms with Crippen LogP contribution in [0.4, 0.5) is 0 Å². The van der Waals surface area contributed by atoms with Gasteiger partial charge in [0.2, 0.25) is 0 Å². The summed E-state index contributed by atoms with van der Waals surface area (Å²) in [7, 11) is 0. The van der Waals surface area contributed by atoms with Gasteiger partial charge in [-0.2, -0.15) is 4.79 Å². The topological polar surface area (TPSA) is 120 Å². The Balaban J connectivity index is 1.80. The Kier molecular flexibility index (Phi) is 6.24. The van der Waals surface area contributed by atoms with Crippen molar-refractivity contribution < 1.29 is 38.4 Å². The molecule has 1 aromatic carbocycles. The molecule has 2 aliphatic heterocycles. The number of aliphatic hydroxyl groups excluding tert-OH is 1. The van der Waals surface area contributed by atoms with Crippen LogP contribution in [0.3, 0.4) is 0 Å². The van der Waals surface area contributed by atoms with Gasteiger partial charge in [-0.3, -0.25) is 0 Å². The van der Waals surface area contributed by atoms with Crippen LogP contribution >= 0.6 is 0 Å². The van der Waals surface area contributed by atoms with Crippen molar-refractivity contribution in [3.05, 3.63) is 41.4 Å². The number of aliphatic hydroxyl groups is 1. The summed E-state index contributed by atoms with van der Waals surface area (Å²) in [6.07, 6.45) is -4.83. The van der Waals surface area contributed by atoms with Gasteiger partial charge in [0.1, 0.15) is 18.3 Å². The molecule has 1 N–H and O–H groups in total. The van der Waals surface area contributed by atoms with Crippen LogP contribution in [-0.2, 0) is 35.1 Å². The third-order valence-electron chi connectivity index (χ3n) is 4.50. The smallest absolute Gasteiger partial charge is 0.419 e. The number of hydrogen-bond donors (Lipinski definition) is 1. The van der Waals surface area contributed by atoms with Crippen LogP contribution < -0.4 is 0 Å². The standard InChI is InChI=1S/C19H24N2O7/c1-4-24-17(23)12(21-20)13(22)14-15(25-10-11-8-6-5-7-9-11)16-18(26-14)28-19(2,3)27-16/h5-9,13-16,18,22H,4,10H2,1-3H3/t13?,14-,15-,16+,18+/m0/s1. The molecule has 0 aliphatic carbocycles. The molecule has 0 amide bonds. The van der Waals surface area contributed by atoms with Crippen molar-refractivity contribution in [1.29, 1.82) is 0 Å². The predicted octanol–water partition coefficient (Wildman–Crippen LogP) is 1.04. The Hall–Kier alpha value is -2.13. The first-order valence-electron chi connectivity index (χ1n) is 9.10. The lowest BCUT2D eigenvalue weighted by Crippen LogP contribution is -2.48. The van der Waals surface area contributed by atoms with Crippen molar-refractivity contribution in [3.8, 4) is 0 Å². The average molecular weight is 392 g/mol. The van der Waals surface area contributed by atoms with E-state index in [1.54, 1.807) is 20.8 Å². The number of nitrogens with zero attached hydrogens (tertiary/aromatic N) is 2. The van der Waals surface area contributed by atoms with E-state index in [4.69, 9.17) is 23.7 Å². The van der Waals surface area contributed by atoms with Crippen LogP contribution in [0, 0.1) is 0 Å². The molecule has 0 aromatic heterocycles. The van der Waals surface area contributed by atoms with E-state index in [0.29, 0.717) is 0 Å². The minimum absolute atomic E-state index is 0.0652. The maximum absolute atomic E-state index is 12.0. The highest BCUT2D eigenvalue weighted by Gasteiger charge is 2.59. The second kappa shape index (κ2) is 8.48. The molecule has 9 nitrogen and oxygen atoms in total. The number of esters is 1. The van der Waals surface area contributed by atoms with Crippen LogP contribution in [0.25, 0.3) is 5.53 Å². The van der Waals surface area contributed by atoms with Gasteiger partial charge in [-0.05, 0) is 26.3 Å². The number of carbonyl (C=O) groups is 1. The van der Waals surface area contributed by atoms with E-state index in [1.807, 2.05) is 30.3 Å². The van der Waals surface area contributed by atoms with Crippen LogP contribution in [0.2, 0.25) is 0 Å². The largest absolute Gasteiger partial charge is 0.457 e. The van der Waals surface area contributed by atoms with Crippen molar-refractivity contribution >= 4 is 11.7 Å². The van der Waals surface area contributed by atoms with Crippen molar-refractivity contribution in [2.45, 2.75) is 63.9 Å². The summed E-state index contributed by atoms with van der Waals surface area (Å²) < 4.78 is 28.2. The lowest BCUT2D eigenvalue weighted by atomic mass is 10.0. The molecule has 0 saturated carbocycles. The number of rotatable bonds is 7. The van der Waals surface area contributed by atoms with Crippen molar-refractivity contribution in [2.75, 3.05) is 6.61 Å². The average Bonchev–Trinajstić information content (AvgIpc) is 3.13. The summed E-state index contributed by atoms with van der Waals surface area (Å²) in [5.74, 6) is -1.82. The molecule has 0 radical (unpaired) electrons. The lowest BCUT2D eigenvalue weighted by molar-refractivity contribution is -0.227. The highest BCUT2D eigenvalue weighted by atomic mass is 16.8. The van der Waals surface area contributed by atoms with Gasteiger partial charge in [0.25, 0.3) is 0 Å². The summed E-state index contributed by atoms with van der Waals surface area (Å²) >= 11 is 0. The van der Waals surface area contributed by atoms with E-state index in [-0.39, 0.29) is 13.2 Å². The second-order valence-corrected chi connectivity index (χ2v) is 6.98. The van der Waals surface area contributed by atoms with Crippen LogP contribution in [0.15, 0.2) is 30.3 Å². The van der Waals surface area contributed by atoms with E-state index >= 15 is 0 Å². The Morgan fingerprint density at radius 3 is 2.68 bits per heavy atom. The molecule has 0 spiro atoms. The Morgan fingerprint density at radius 2 is 2.04 bits per heavy atom. The maximum atomic E-state index is 12.0. The first-order valence-corrected chi connectivity index (χ1v) is 9.10. The Labute approximate surface area is 162 Å². The molecule has 2 aliphatic rings. The second-order valence-electron chi connectivity index (χ2n) is 6.98. The molecule has 2 saturated heterocycles. The Bertz CT molecular complexity index is 748. The number of fused-ring (bicyclic) bond motifs is 1. The molecular weight excluding hydrogens is 368 g/mol. The van der Waals surface area contributed by atoms with Gasteiger partial charge in [-0.1, -0.05) is 30.3 Å². The minimum Gasteiger partial charge on any atom is -0.457 e. The zero-order chi connectivity index (χ0) is 20.3. The quantitative estimate of drug-likeness (QED) is 0.319. The first-order chi connectivity index (χ1) is 13.4. The zero-order valence-corrected chi connectivity index (χ0v) is 16.0. The molecule has 152 valence electrons. The summed E-state index contributed by atoms with van der Waals surface area (Å²) in [4.78, 5) is 14.9. The molecule has 2 fully saturated rings. The molecule has 2 heterocycles. The number of ether oxygens (including phenoxy) is 5. The highest BCUT2D eigenvalue weighted by molar-refractivity contribution is 6.35. The molecule has 5 atom stereocenters. The van der Waals surface area contributed by atoms with Gasteiger partial charge in [0.05, 0.1) is 13.2 Å². The summed E-state index contributed by atoms with van der Waals surface area (Å²) in [6, 6.07) is 9.45. The fourth-order valence-electron chi connectivity index (χ4n) is 3.30. The van der Waals surface area contributed by atoms with E-state index in [2.05, 4.69) is 4.79 Å². The molecule has 0 bridgehead atoms. The van der Waals surface area contributed by atoms with E-state index < -0.39 is 48.2 Å². The fraction of sp³-hybridized carbons (Fsp3) is 0.579. The fourth-order valence-corrected chi connectivity index (χ4v) is 3.30. The van der Waals surface area contributed by atoms with Gasteiger partial charge in [0, 0.05) is 0 Å². The number of benzene rings is 1. The normalized spacial score (nSPS) is 29.0. The molecule has 3 rings (SSSR count). The number of carbonyl (C=O) groups excluding carboxylic acids is 1. The molecule has 28 heavy (non-hydrogen) atoms. The lowest BCUT2D eigenvalue weighted by Gasteiger charge is -2.27. The zero-order valence-electron chi connectivity index (χ0n) is 16.0. The van der Waals surface area contributed by atoms with Crippen molar-refractivity contribution in [3.63, 3.8) is 0 Å². The summed E-state index contributed by atoms with van der Waals surface area (Å²) in [6.45, 7) is 5.39. The van der Waals surface area contributed by atoms with Gasteiger partial charge in [-0.25, -0.2) is 4.79 Å². The molecule has 9 heteroatoms. The minimum atomic E-state index is -1.59. The summed E-state index contributed by atoms with van der Waals surface area (Å²) in [5, 5.41) is 10.7. The first kappa shape index (κ1) is 20.6. The van der Waals surface area contributed by atoms with Crippen LogP contribution in [0.1, 0.15) is 26.3 Å². The number of hydrogen-bond acceptors (Lipinski definition) is 7. The van der Waals surface area contributed by atoms with E-state index in [1.165, 1.54) is 0 Å². The van der Waals surface area contributed by atoms with Crippen molar-refractivity contribution in [1.82, 2.24) is 0 Å². The van der Waals surface area contributed by atoms with Gasteiger partial charge in [-0.15, -0.1) is 0 Å². The van der Waals surface area contributed by atoms with Crippen molar-refractivity contribution in [2.24, 2.45) is 0 Å². The van der Waals surface area contributed by atoms with E-state index in [9.17, 15) is 15.4 Å². The van der Waals surface area contributed by atoms with Crippen LogP contribution in [0.5, 0.6) is 0 Å². The third kappa shape index (κ3) is 4.30. The molecule has 1 unspecified atom stereocenters. The molecule has 1 aromatic rings. The van der Waals surface area contributed by atoms with Crippen LogP contribution in [-0.4, -0.2) is 64.7 Å². The summed E-state index contributed by atoms with van der Waals surface area (Å²) in [5.41, 5.74) is 9.55. The maximum Gasteiger partial charge on any atom is 0.419 e. The SMILES string of the molecule is CCOC(=O)C(=[N+]=[N-])C(O)[C@@H]1O[C@@H]2OC(C)(C)O[C@@H]2[C@H]1OCc1ccccc1. The third-order valence-corrected chi connectivity index (χ3v) is 4.50. The van der Waals surface area contributed by atoms with Gasteiger partial charge in [0.15, 0.2) is 18.2 Å². The Morgan fingerprint density at radius 1 is 1.32 bits per heavy atom. The predicted molar refractivity (Wildman–Crippen MR) is 95.0 cm³/mol. The van der Waals surface area contributed by atoms with Gasteiger partial charge >= 0.3 is 11.7 Å². The monoisotopic (exact) mass is 392 g/mol. The molecular formula is C19H24N2O7. The van der Waals surface area contributed by atoms with Gasteiger partial charge < -0.3 is 34.3 Å². The highest BCUT2D eigenvalue weighted by Crippen LogP contribution is 2.40. The van der Waals surface area contributed by atoms with E-state index in [0.717, 1.165) is 5.56 Å².